The smallest absolute Gasteiger partial charge is 0.336 e. The van der Waals surface area contributed by atoms with E-state index in [1.54, 1.807) is 31.2 Å². The lowest BCUT2D eigenvalue weighted by molar-refractivity contribution is -0.129. The number of esters is 1. The van der Waals surface area contributed by atoms with Crippen molar-refractivity contribution >= 4 is 45.3 Å². The molecule has 2 rings (SSSR count). The van der Waals surface area contributed by atoms with Crippen LogP contribution in [0, 0.1) is 0 Å². The molecule has 0 unspecified atom stereocenters. The average Bonchev–Trinajstić information content (AvgIpc) is 2.69. The van der Waals surface area contributed by atoms with Gasteiger partial charge in [0.05, 0.1) is 0 Å². The molecule has 2 aromatic carbocycles. The van der Waals surface area contributed by atoms with E-state index in [1.165, 1.54) is 12.2 Å². The first-order chi connectivity index (χ1) is 13.8. The summed E-state index contributed by atoms with van der Waals surface area (Å²) >= 11 is 2.16. The van der Waals surface area contributed by atoms with Gasteiger partial charge in [-0.15, -0.1) is 0 Å². The van der Waals surface area contributed by atoms with E-state index in [-0.39, 0.29) is 10.2 Å². The van der Waals surface area contributed by atoms with E-state index < -0.39 is 5.97 Å². The summed E-state index contributed by atoms with van der Waals surface area (Å²) in [5.74, 6) is -0.111. The molecule has 0 aliphatic carbocycles. The van der Waals surface area contributed by atoms with E-state index in [9.17, 15) is 14.4 Å². The van der Waals surface area contributed by atoms with Crippen LogP contribution in [0.2, 0.25) is 0 Å². The Hall–Kier alpha value is -2.83. The first-order valence-corrected chi connectivity index (χ1v) is 10.2. The number of carbonyl (C=O) groups excluding carboxylic acids is 3. The summed E-state index contributed by atoms with van der Waals surface area (Å²) in [5, 5.41) is -0.228. The molecule has 2 aromatic rings. The minimum absolute atomic E-state index is 0.0770. The molecule has 0 amide bonds. The molecule has 0 atom stereocenters. The zero-order valence-corrected chi connectivity index (χ0v) is 17.8. The Balaban J connectivity index is 1.99. The third kappa shape index (κ3) is 7.25. The molecule has 0 aliphatic heterocycles. The van der Waals surface area contributed by atoms with Gasteiger partial charge in [0.1, 0.15) is 5.75 Å². The number of rotatable bonds is 7. The van der Waals surface area contributed by atoms with Crippen LogP contribution in [0.4, 0.5) is 0 Å². The van der Waals surface area contributed by atoms with Gasteiger partial charge in [-0.1, -0.05) is 25.3 Å². The predicted molar refractivity (Wildman–Crippen MR) is 119 cm³/mol. The lowest BCUT2D eigenvalue weighted by Crippen LogP contribution is -2.04. The van der Waals surface area contributed by atoms with Crippen LogP contribution in [-0.2, 0) is 14.4 Å². The van der Waals surface area contributed by atoms with Gasteiger partial charge in [-0.25, -0.2) is 4.79 Å². The Labute approximate surface area is 178 Å². The number of ether oxygens (including phenoxy) is 1. The zero-order chi connectivity index (χ0) is 21.4. The number of hydrogen-bond donors (Lipinski definition) is 0. The number of carbonyl (C=O) groups is 3. The van der Waals surface area contributed by atoms with Crippen molar-refractivity contribution in [1.29, 1.82) is 0 Å². The molecule has 0 saturated carbocycles. The largest absolute Gasteiger partial charge is 0.423 e. The second kappa shape index (κ2) is 10.6. The standard InChI is InChI=1S/C23H20O4S2/c1-5-22(25)28-19-12-8-18(9-13-19)27-21(24)14-16(4)17-6-10-20(11-7-17)29-23(26)15(2)3/h5-14H,1-2H2,3-4H3. The van der Waals surface area contributed by atoms with Crippen molar-refractivity contribution in [2.75, 3.05) is 0 Å². The second-order valence-corrected chi connectivity index (χ2v) is 8.16. The van der Waals surface area contributed by atoms with Gasteiger partial charge in [0.25, 0.3) is 0 Å². The SMILES string of the molecule is C=CC(=O)Sc1ccc(OC(=O)C=C(C)c2ccc(SC(=O)C(=C)C)cc2)cc1. The fraction of sp³-hybridized carbons (Fsp3) is 0.0870. The molecule has 0 radical (unpaired) electrons. The van der Waals surface area contributed by atoms with Gasteiger partial charge < -0.3 is 4.74 Å². The Morgan fingerprint density at radius 2 is 1.45 bits per heavy atom. The maximum Gasteiger partial charge on any atom is 0.336 e. The maximum atomic E-state index is 12.2. The number of benzene rings is 2. The van der Waals surface area contributed by atoms with Crippen LogP contribution in [0.1, 0.15) is 19.4 Å². The van der Waals surface area contributed by atoms with E-state index in [2.05, 4.69) is 13.2 Å². The van der Waals surface area contributed by atoms with Crippen LogP contribution in [0.5, 0.6) is 5.75 Å². The molecule has 29 heavy (non-hydrogen) atoms. The summed E-state index contributed by atoms with van der Waals surface area (Å²) in [6.45, 7) is 10.5. The van der Waals surface area contributed by atoms with Crippen molar-refractivity contribution in [2.24, 2.45) is 0 Å². The fourth-order valence-electron chi connectivity index (χ4n) is 2.12. The normalized spacial score (nSPS) is 10.9. The van der Waals surface area contributed by atoms with E-state index in [0.29, 0.717) is 11.3 Å². The summed E-state index contributed by atoms with van der Waals surface area (Å²) in [4.78, 5) is 36.8. The molecule has 0 heterocycles. The third-order valence-electron chi connectivity index (χ3n) is 3.63. The molecule has 0 fully saturated rings. The van der Waals surface area contributed by atoms with Crippen molar-refractivity contribution in [1.82, 2.24) is 0 Å². The lowest BCUT2D eigenvalue weighted by atomic mass is 10.1. The monoisotopic (exact) mass is 424 g/mol. The number of thioether (sulfide) groups is 2. The maximum absolute atomic E-state index is 12.2. The Morgan fingerprint density at radius 1 is 0.897 bits per heavy atom. The van der Waals surface area contributed by atoms with Gasteiger partial charge >= 0.3 is 5.97 Å². The van der Waals surface area contributed by atoms with E-state index in [1.807, 2.05) is 31.2 Å². The molecule has 0 aromatic heterocycles. The predicted octanol–water partition coefficient (Wildman–Crippen LogP) is 5.70. The van der Waals surface area contributed by atoms with Crippen LogP contribution in [0.15, 0.2) is 89.2 Å². The summed E-state index contributed by atoms with van der Waals surface area (Å²) < 4.78 is 5.31. The molecule has 0 N–H and O–H groups in total. The third-order valence-corrected chi connectivity index (χ3v) is 5.55. The summed E-state index contributed by atoms with van der Waals surface area (Å²) in [6, 6.07) is 14.0. The second-order valence-electron chi connectivity index (χ2n) is 6.04. The van der Waals surface area contributed by atoms with Crippen molar-refractivity contribution < 1.29 is 19.1 Å². The van der Waals surface area contributed by atoms with Crippen LogP contribution >= 0.6 is 23.5 Å². The van der Waals surface area contributed by atoms with Crippen molar-refractivity contribution in [3.63, 3.8) is 0 Å². The Kier molecular flexibility index (Phi) is 8.24. The first kappa shape index (κ1) is 22.5. The van der Waals surface area contributed by atoms with Gasteiger partial charge in [-0.2, -0.15) is 0 Å². The Morgan fingerprint density at radius 3 is 2.00 bits per heavy atom. The number of allylic oxidation sites excluding steroid dienone is 1. The van der Waals surface area contributed by atoms with E-state index in [4.69, 9.17) is 4.74 Å². The van der Waals surface area contributed by atoms with Gasteiger partial charge in [-0.3, -0.25) is 9.59 Å². The molecule has 0 aliphatic rings. The molecule has 6 heteroatoms. The van der Waals surface area contributed by atoms with Gasteiger partial charge in [0.15, 0.2) is 0 Å². The van der Waals surface area contributed by atoms with Crippen molar-refractivity contribution in [3.8, 4) is 5.75 Å². The molecule has 0 saturated heterocycles. The van der Waals surface area contributed by atoms with Crippen molar-refractivity contribution in [3.05, 3.63) is 85.0 Å². The highest BCUT2D eigenvalue weighted by molar-refractivity contribution is 8.14. The van der Waals surface area contributed by atoms with E-state index >= 15 is 0 Å². The zero-order valence-electron chi connectivity index (χ0n) is 16.1. The van der Waals surface area contributed by atoms with Crippen LogP contribution in [-0.4, -0.2) is 16.2 Å². The van der Waals surface area contributed by atoms with Crippen LogP contribution < -0.4 is 4.74 Å². The highest BCUT2D eigenvalue weighted by Gasteiger charge is 2.08. The molecule has 0 bridgehead atoms. The minimum Gasteiger partial charge on any atom is -0.423 e. The molecular formula is C23H20O4S2. The summed E-state index contributed by atoms with van der Waals surface area (Å²) in [7, 11) is 0. The van der Waals surface area contributed by atoms with Gasteiger partial charge in [-0.05, 0) is 96.6 Å². The molecular weight excluding hydrogens is 404 g/mol. The van der Waals surface area contributed by atoms with Crippen molar-refractivity contribution in [2.45, 2.75) is 23.6 Å². The van der Waals surface area contributed by atoms with E-state index in [0.717, 1.165) is 44.5 Å². The number of hydrogen-bond acceptors (Lipinski definition) is 6. The lowest BCUT2D eigenvalue weighted by Gasteiger charge is -2.06. The highest BCUT2D eigenvalue weighted by atomic mass is 32.2. The summed E-state index contributed by atoms with van der Waals surface area (Å²) in [6.07, 6.45) is 2.65. The molecule has 148 valence electrons. The molecule has 4 nitrogen and oxygen atoms in total. The first-order valence-electron chi connectivity index (χ1n) is 8.61. The fourth-order valence-corrected chi connectivity index (χ4v) is 3.37. The quantitative estimate of drug-likeness (QED) is 0.246. The topological polar surface area (TPSA) is 60.4 Å². The van der Waals surface area contributed by atoms with Gasteiger partial charge in [0, 0.05) is 15.9 Å². The van der Waals surface area contributed by atoms with Crippen LogP contribution in [0.25, 0.3) is 5.57 Å². The van der Waals surface area contributed by atoms with Crippen LogP contribution in [0.3, 0.4) is 0 Å². The minimum atomic E-state index is -0.499. The van der Waals surface area contributed by atoms with Gasteiger partial charge in [0.2, 0.25) is 10.2 Å². The molecule has 0 spiro atoms. The Bertz CT molecular complexity index is 971. The highest BCUT2D eigenvalue weighted by Crippen LogP contribution is 2.25. The summed E-state index contributed by atoms with van der Waals surface area (Å²) in [5.41, 5.74) is 2.09. The average molecular weight is 425 g/mol.